The number of aliphatic hydroxyl groups excluding tert-OH is 2. The van der Waals surface area contributed by atoms with E-state index in [0.717, 1.165) is 19.3 Å². The molecule has 1 saturated carbocycles. The van der Waals surface area contributed by atoms with Gasteiger partial charge in [0.1, 0.15) is 18.9 Å². The maximum Gasteiger partial charge on any atom is 0.330 e. The van der Waals surface area contributed by atoms with E-state index < -0.39 is 29.2 Å². The molecule has 1 aliphatic rings. The molecule has 0 heterocycles. The Morgan fingerprint density at radius 1 is 0.904 bits per heavy atom. The Balaban J connectivity index is 1.65. The standard InChI is InChI=1S/C38H56N2O12/c1-3-4-5-6-9-15-29(41)20-21-31-30(32(42)26-33(31)43)16-10-7-8-11-17-36(44)39-27-38(46)52-34-22-19-28(25-35(34)49-2)14-12-23-50-37(45)18-13-24-51-40(47)48/h7,10,12,14,19,22,25,30-33,42-43H,3-6,8-9,11,13,15-18,20-21,23-24,26-27H2,1-2H3,(H,39,44)/b10-7-,14-12+/t30-,31-,32+,33-/m1/s1. The number of aliphatic hydroxyl groups is 2. The number of hydrogen-bond donors (Lipinski definition) is 3. The molecular formula is C38H56N2O12. The van der Waals surface area contributed by atoms with Crippen LogP contribution in [0.3, 0.4) is 0 Å². The number of allylic oxidation sites excluding steroid dienone is 2. The number of amides is 1. The summed E-state index contributed by atoms with van der Waals surface area (Å²) in [6.07, 6.45) is 15.5. The summed E-state index contributed by atoms with van der Waals surface area (Å²) >= 11 is 0. The Morgan fingerprint density at radius 3 is 2.42 bits per heavy atom. The third kappa shape index (κ3) is 18.3. The van der Waals surface area contributed by atoms with Crippen molar-refractivity contribution < 1.29 is 53.5 Å². The molecule has 0 aromatic heterocycles. The predicted molar refractivity (Wildman–Crippen MR) is 193 cm³/mol. The summed E-state index contributed by atoms with van der Waals surface area (Å²) < 4.78 is 15.7. The Labute approximate surface area is 306 Å². The molecule has 0 unspecified atom stereocenters. The second kappa shape index (κ2) is 25.6. The van der Waals surface area contributed by atoms with E-state index in [1.165, 1.54) is 26.0 Å². The number of hydrogen-bond acceptors (Lipinski definition) is 12. The molecule has 14 nitrogen and oxygen atoms in total. The van der Waals surface area contributed by atoms with Crippen LogP contribution in [0.4, 0.5) is 0 Å². The number of ether oxygens (including phenoxy) is 3. The molecule has 2 rings (SSSR count). The maximum absolute atomic E-state index is 12.4. The van der Waals surface area contributed by atoms with E-state index in [1.54, 1.807) is 24.3 Å². The Morgan fingerprint density at radius 2 is 1.67 bits per heavy atom. The van der Waals surface area contributed by atoms with E-state index in [-0.39, 0.29) is 74.0 Å². The second-order valence-corrected chi connectivity index (χ2v) is 12.9. The Hall–Kier alpha value is -4.30. The van der Waals surface area contributed by atoms with Gasteiger partial charge in [-0.05, 0) is 80.6 Å². The van der Waals surface area contributed by atoms with E-state index in [1.807, 2.05) is 12.2 Å². The minimum Gasteiger partial charge on any atom is -0.493 e. The van der Waals surface area contributed by atoms with Crippen molar-refractivity contribution in [1.29, 1.82) is 0 Å². The van der Waals surface area contributed by atoms with Crippen LogP contribution in [0.2, 0.25) is 0 Å². The molecule has 1 aromatic rings. The van der Waals surface area contributed by atoms with Gasteiger partial charge in [-0.1, -0.05) is 56.9 Å². The summed E-state index contributed by atoms with van der Waals surface area (Å²) in [6.45, 7) is 1.64. The molecule has 1 aliphatic carbocycles. The molecule has 1 aromatic carbocycles. The van der Waals surface area contributed by atoms with E-state index in [0.29, 0.717) is 50.5 Å². The number of unbranched alkanes of at least 4 members (excludes halogenated alkanes) is 5. The van der Waals surface area contributed by atoms with Crippen LogP contribution in [0.5, 0.6) is 11.5 Å². The highest BCUT2D eigenvalue weighted by molar-refractivity contribution is 5.83. The smallest absolute Gasteiger partial charge is 0.330 e. The average Bonchev–Trinajstić information content (AvgIpc) is 3.39. The van der Waals surface area contributed by atoms with E-state index >= 15 is 0 Å². The first kappa shape index (κ1) is 43.9. The van der Waals surface area contributed by atoms with Crippen LogP contribution < -0.4 is 14.8 Å². The first-order chi connectivity index (χ1) is 25.0. The largest absolute Gasteiger partial charge is 0.493 e. The van der Waals surface area contributed by atoms with Gasteiger partial charge in [-0.3, -0.25) is 14.4 Å². The highest BCUT2D eigenvalue weighted by Gasteiger charge is 2.40. The summed E-state index contributed by atoms with van der Waals surface area (Å²) in [5.74, 6) is -1.04. The van der Waals surface area contributed by atoms with Gasteiger partial charge >= 0.3 is 11.9 Å². The number of benzene rings is 1. The Kier molecular flexibility index (Phi) is 21.6. The van der Waals surface area contributed by atoms with Crippen molar-refractivity contribution >= 4 is 29.7 Å². The number of esters is 2. The molecule has 1 amide bonds. The number of rotatable bonds is 27. The summed E-state index contributed by atoms with van der Waals surface area (Å²) in [4.78, 5) is 63.0. The summed E-state index contributed by atoms with van der Waals surface area (Å²) in [5.41, 5.74) is 0.682. The maximum atomic E-state index is 12.4. The minimum atomic E-state index is -0.921. The zero-order valence-corrected chi connectivity index (χ0v) is 30.5. The van der Waals surface area contributed by atoms with Gasteiger partial charge in [0.05, 0.1) is 25.9 Å². The van der Waals surface area contributed by atoms with E-state index in [9.17, 15) is 39.5 Å². The highest BCUT2D eigenvalue weighted by atomic mass is 16.9. The van der Waals surface area contributed by atoms with Gasteiger partial charge in [0.25, 0.3) is 5.09 Å². The lowest BCUT2D eigenvalue weighted by molar-refractivity contribution is -0.757. The normalized spacial score (nSPS) is 18.4. The fourth-order valence-electron chi connectivity index (χ4n) is 6.08. The SMILES string of the molecule is CCCCCCCC(=O)CC[C@@H]1[C@@H](C/C=C\CCCC(=O)NCC(=O)Oc2ccc(/C=C/COC(=O)CCCO[N+](=O)[O-])cc2OC)[C@@H](O)C[C@H]1O. The number of methoxy groups -OCH3 is 1. The number of carbonyl (C=O) groups is 4. The first-order valence-electron chi connectivity index (χ1n) is 18.3. The summed E-state index contributed by atoms with van der Waals surface area (Å²) in [7, 11) is 1.42. The van der Waals surface area contributed by atoms with Crippen molar-refractivity contribution in [3.63, 3.8) is 0 Å². The number of ketones is 1. The molecule has 1 fully saturated rings. The first-order valence-corrected chi connectivity index (χ1v) is 18.3. The lowest BCUT2D eigenvalue weighted by atomic mass is 9.86. The van der Waals surface area contributed by atoms with Gasteiger partial charge in [-0.2, -0.15) is 0 Å². The monoisotopic (exact) mass is 732 g/mol. The van der Waals surface area contributed by atoms with Crippen molar-refractivity contribution in [2.24, 2.45) is 11.8 Å². The number of Topliss-reactive ketones (excluding diaryl/α,β-unsaturated/α-hetero) is 1. The highest BCUT2D eigenvalue weighted by Crippen LogP contribution is 2.38. The number of carbonyl (C=O) groups excluding carboxylic acids is 4. The lowest BCUT2D eigenvalue weighted by Gasteiger charge is -2.22. The molecule has 14 heteroatoms. The van der Waals surface area contributed by atoms with Crippen molar-refractivity contribution in [3.8, 4) is 11.5 Å². The van der Waals surface area contributed by atoms with Crippen molar-refractivity contribution in [2.75, 3.05) is 26.9 Å². The van der Waals surface area contributed by atoms with Gasteiger partial charge in [0, 0.05) is 25.7 Å². The third-order valence-electron chi connectivity index (χ3n) is 8.90. The fraction of sp³-hybridized carbons (Fsp3) is 0.632. The van der Waals surface area contributed by atoms with E-state index in [4.69, 9.17) is 14.2 Å². The van der Waals surface area contributed by atoms with Gasteiger partial charge in [-0.15, -0.1) is 10.1 Å². The molecule has 0 radical (unpaired) electrons. The number of nitrogens with zero attached hydrogens (tertiary/aromatic N) is 1. The van der Waals surface area contributed by atoms with Crippen LogP contribution in [-0.4, -0.2) is 78.0 Å². The Bertz CT molecular complexity index is 1330. The predicted octanol–water partition coefficient (Wildman–Crippen LogP) is 5.45. The van der Waals surface area contributed by atoms with Crippen molar-refractivity contribution in [1.82, 2.24) is 5.32 Å². The molecule has 3 N–H and O–H groups in total. The molecule has 4 atom stereocenters. The zero-order valence-electron chi connectivity index (χ0n) is 30.5. The van der Waals surface area contributed by atoms with Crippen LogP contribution in [-0.2, 0) is 28.8 Å². The van der Waals surface area contributed by atoms with E-state index in [2.05, 4.69) is 17.1 Å². The fourth-order valence-corrected chi connectivity index (χ4v) is 6.08. The lowest BCUT2D eigenvalue weighted by Crippen LogP contribution is -2.31. The quantitative estimate of drug-likeness (QED) is 0.0259. The zero-order chi connectivity index (χ0) is 38.1. The molecule has 0 bridgehead atoms. The van der Waals surface area contributed by atoms with Crippen molar-refractivity contribution in [2.45, 2.75) is 115 Å². The molecular weight excluding hydrogens is 676 g/mol. The van der Waals surface area contributed by atoms with Crippen molar-refractivity contribution in [3.05, 3.63) is 52.1 Å². The van der Waals surface area contributed by atoms with Crippen LogP contribution in [0.15, 0.2) is 36.4 Å². The summed E-state index contributed by atoms with van der Waals surface area (Å²) in [5, 5.41) is 32.8. The molecule has 0 spiro atoms. The van der Waals surface area contributed by atoms with Gasteiger partial charge in [-0.25, -0.2) is 4.79 Å². The van der Waals surface area contributed by atoms with Crippen LogP contribution in [0.1, 0.15) is 109 Å². The van der Waals surface area contributed by atoms with Gasteiger partial charge in [0.2, 0.25) is 5.91 Å². The molecule has 0 saturated heterocycles. The van der Waals surface area contributed by atoms with Gasteiger partial charge in [0.15, 0.2) is 11.5 Å². The minimum absolute atomic E-state index is 0.0104. The number of nitrogens with one attached hydrogen (secondary N) is 1. The van der Waals surface area contributed by atoms with Crippen LogP contribution in [0.25, 0.3) is 6.08 Å². The topological polar surface area (TPSA) is 201 Å². The average molecular weight is 733 g/mol. The van der Waals surface area contributed by atoms with Crippen LogP contribution in [0, 0.1) is 22.0 Å². The van der Waals surface area contributed by atoms with Gasteiger partial charge < -0.3 is 34.6 Å². The van der Waals surface area contributed by atoms with Crippen LogP contribution >= 0.6 is 0 Å². The second-order valence-electron chi connectivity index (χ2n) is 12.9. The molecule has 52 heavy (non-hydrogen) atoms. The summed E-state index contributed by atoms with van der Waals surface area (Å²) in [6, 6.07) is 4.82. The third-order valence-corrected chi connectivity index (χ3v) is 8.90. The molecule has 0 aliphatic heterocycles. The molecule has 290 valence electrons.